The largest absolute Gasteiger partial charge is 0.496 e. The summed E-state index contributed by atoms with van der Waals surface area (Å²) in [5.41, 5.74) is 7.39. The second-order valence-corrected chi connectivity index (χ2v) is 4.89. The van der Waals surface area contributed by atoms with Crippen molar-refractivity contribution >= 4 is 11.3 Å². The Morgan fingerprint density at radius 3 is 3.00 bits per heavy atom. The number of aromatic nitrogens is 2. The topological polar surface area (TPSA) is 53.1 Å². The molecule has 0 aliphatic heterocycles. The van der Waals surface area contributed by atoms with Gasteiger partial charge in [0.05, 0.1) is 12.0 Å². The molecule has 92 valence electrons. The van der Waals surface area contributed by atoms with E-state index in [1.807, 2.05) is 35.4 Å². The Balaban J connectivity index is 1.98. The van der Waals surface area contributed by atoms with Gasteiger partial charge in [-0.25, -0.2) is 0 Å². The van der Waals surface area contributed by atoms with Gasteiger partial charge in [0, 0.05) is 25.0 Å². The van der Waals surface area contributed by atoms with Gasteiger partial charge in [0.25, 0.3) is 0 Å². The Labute approximate surface area is 105 Å². The molecule has 2 aromatic rings. The molecular formula is C12H17N3OS. The molecule has 4 nitrogen and oxygen atoms in total. The first-order chi connectivity index (χ1) is 8.22. The van der Waals surface area contributed by atoms with E-state index in [-0.39, 0.29) is 6.04 Å². The van der Waals surface area contributed by atoms with Gasteiger partial charge in [0.15, 0.2) is 0 Å². The molecule has 0 saturated heterocycles. The number of hydrogen-bond donors (Lipinski definition) is 1. The molecule has 0 amide bonds. The Bertz CT molecular complexity index is 478. The monoisotopic (exact) mass is 251 g/mol. The molecule has 0 fully saturated rings. The summed E-state index contributed by atoms with van der Waals surface area (Å²) < 4.78 is 7.17. The molecular weight excluding hydrogens is 234 g/mol. The highest BCUT2D eigenvalue weighted by molar-refractivity contribution is 7.10. The summed E-state index contributed by atoms with van der Waals surface area (Å²) in [4.78, 5) is 1.12. The van der Waals surface area contributed by atoms with Crippen LogP contribution in [0.4, 0.5) is 0 Å². The molecule has 2 heterocycles. The number of ether oxygens (including phenoxy) is 1. The Morgan fingerprint density at radius 2 is 2.35 bits per heavy atom. The molecule has 0 aromatic carbocycles. The van der Waals surface area contributed by atoms with Gasteiger partial charge >= 0.3 is 0 Å². The van der Waals surface area contributed by atoms with Crippen LogP contribution >= 0.6 is 11.3 Å². The summed E-state index contributed by atoms with van der Waals surface area (Å²) in [6, 6.07) is 4.02. The third-order valence-electron chi connectivity index (χ3n) is 2.85. The van der Waals surface area contributed by atoms with E-state index in [0.717, 1.165) is 23.5 Å². The number of methoxy groups -OCH3 is 1. The zero-order valence-electron chi connectivity index (χ0n) is 10.1. The van der Waals surface area contributed by atoms with Gasteiger partial charge in [0.2, 0.25) is 0 Å². The highest BCUT2D eigenvalue weighted by Crippen LogP contribution is 2.31. The SMILES string of the molecule is COc1ccsc1C(N)CCc1ccnn1C. The van der Waals surface area contributed by atoms with Crippen LogP contribution in [0.1, 0.15) is 23.0 Å². The summed E-state index contributed by atoms with van der Waals surface area (Å²) in [5.74, 6) is 0.896. The Morgan fingerprint density at radius 1 is 1.53 bits per heavy atom. The van der Waals surface area contributed by atoms with Gasteiger partial charge in [-0.2, -0.15) is 5.10 Å². The predicted molar refractivity (Wildman–Crippen MR) is 69.3 cm³/mol. The molecule has 2 N–H and O–H groups in total. The van der Waals surface area contributed by atoms with Gasteiger partial charge < -0.3 is 10.5 Å². The summed E-state index contributed by atoms with van der Waals surface area (Å²) in [6.45, 7) is 0. The smallest absolute Gasteiger partial charge is 0.134 e. The van der Waals surface area contributed by atoms with Crippen molar-refractivity contribution in [1.82, 2.24) is 9.78 Å². The fraction of sp³-hybridized carbons (Fsp3) is 0.417. The molecule has 2 rings (SSSR count). The fourth-order valence-corrected chi connectivity index (χ4v) is 2.73. The first kappa shape index (κ1) is 12.1. The second-order valence-electron chi connectivity index (χ2n) is 3.94. The molecule has 0 radical (unpaired) electrons. The van der Waals surface area contributed by atoms with E-state index < -0.39 is 0 Å². The van der Waals surface area contributed by atoms with Gasteiger partial charge in [0.1, 0.15) is 5.75 Å². The lowest BCUT2D eigenvalue weighted by Crippen LogP contribution is -2.11. The number of hydrogen-bond acceptors (Lipinski definition) is 4. The number of thiophene rings is 1. The molecule has 0 aliphatic rings. The average molecular weight is 251 g/mol. The van der Waals surface area contributed by atoms with Gasteiger partial charge in [-0.3, -0.25) is 4.68 Å². The minimum Gasteiger partial charge on any atom is -0.496 e. The summed E-state index contributed by atoms with van der Waals surface area (Å²) >= 11 is 1.65. The molecule has 0 aliphatic carbocycles. The van der Waals surface area contributed by atoms with E-state index in [1.165, 1.54) is 5.69 Å². The maximum Gasteiger partial charge on any atom is 0.134 e. The Hall–Kier alpha value is -1.33. The number of nitrogens with two attached hydrogens (primary N) is 1. The first-order valence-electron chi connectivity index (χ1n) is 5.56. The highest BCUT2D eigenvalue weighted by atomic mass is 32.1. The minimum atomic E-state index is 0.0276. The first-order valence-corrected chi connectivity index (χ1v) is 6.44. The van der Waals surface area contributed by atoms with Crippen LogP contribution in [-0.4, -0.2) is 16.9 Å². The van der Waals surface area contributed by atoms with Crippen molar-refractivity contribution in [3.8, 4) is 5.75 Å². The number of nitrogens with zero attached hydrogens (tertiary/aromatic N) is 2. The van der Waals surface area contributed by atoms with Crippen LogP contribution < -0.4 is 10.5 Å². The maximum absolute atomic E-state index is 6.18. The van der Waals surface area contributed by atoms with E-state index >= 15 is 0 Å². The quantitative estimate of drug-likeness (QED) is 0.885. The van der Waals surface area contributed by atoms with E-state index in [1.54, 1.807) is 18.4 Å². The lowest BCUT2D eigenvalue weighted by Gasteiger charge is -2.11. The molecule has 1 unspecified atom stereocenters. The minimum absolute atomic E-state index is 0.0276. The maximum atomic E-state index is 6.18. The average Bonchev–Trinajstić information content (AvgIpc) is 2.94. The molecule has 0 bridgehead atoms. The van der Waals surface area contributed by atoms with Gasteiger partial charge in [-0.1, -0.05) is 0 Å². The number of rotatable bonds is 5. The van der Waals surface area contributed by atoms with Crippen molar-refractivity contribution in [3.05, 3.63) is 34.3 Å². The lowest BCUT2D eigenvalue weighted by atomic mass is 10.1. The molecule has 17 heavy (non-hydrogen) atoms. The second kappa shape index (κ2) is 5.33. The van der Waals surface area contributed by atoms with Crippen LogP contribution in [0.5, 0.6) is 5.75 Å². The normalized spacial score (nSPS) is 12.6. The summed E-state index contributed by atoms with van der Waals surface area (Å²) in [7, 11) is 3.63. The lowest BCUT2D eigenvalue weighted by molar-refractivity contribution is 0.407. The van der Waals surface area contributed by atoms with E-state index in [4.69, 9.17) is 10.5 Å². The van der Waals surface area contributed by atoms with Crippen LogP contribution in [0, 0.1) is 0 Å². The van der Waals surface area contributed by atoms with Crippen LogP contribution in [0.25, 0.3) is 0 Å². The van der Waals surface area contributed by atoms with Crippen molar-refractivity contribution in [2.75, 3.05) is 7.11 Å². The standard InChI is InChI=1S/C12H17N3OS/c1-15-9(5-7-14-15)3-4-10(13)12-11(16-2)6-8-17-12/h5-8,10H,3-4,13H2,1-2H3. The van der Waals surface area contributed by atoms with Crippen molar-refractivity contribution in [3.63, 3.8) is 0 Å². The fourth-order valence-electron chi connectivity index (χ4n) is 1.83. The van der Waals surface area contributed by atoms with Crippen LogP contribution in [0.15, 0.2) is 23.7 Å². The zero-order chi connectivity index (χ0) is 12.3. The Kier molecular flexibility index (Phi) is 3.81. The third kappa shape index (κ3) is 2.68. The zero-order valence-corrected chi connectivity index (χ0v) is 10.9. The van der Waals surface area contributed by atoms with E-state index in [0.29, 0.717) is 0 Å². The molecule has 0 spiro atoms. The van der Waals surface area contributed by atoms with Crippen molar-refractivity contribution in [2.24, 2.45) is 12.8 Å². The van der Waals surface area contributed by atoms with Crippen LogP contribution in [0.2, 0.25) is 0 Å². The molecule has 5 heteroatoms. The third-order valence-corrected chi connectivity index (χ3v) is 3.88. The van der Waals surface area contributed by atoms with Gasteiger partial charge in [-0.05, 0) is 30.4 Å². The van der Waals surface area contributed by atoms with Crippen LogP contribution in [-0.2, 0) is 13.5 Å². The number of aryl methyl sites for hydroxylation is 2. The van der Waals surface area contributed by atoms with E-state index in [2.05, 4.69) is 5.10 Å². The molecule has 2 aromatic heterocycles. The van der Waals surface area contributed by atoms with Gasteiger partial charge in [-0.15, -0.1) is 11.3 Å². The van der Waals surface area contributed by atoms with Crippen molar-refractivity contribution < 1.29 is 4.74 Å². The molecule has 1 atom stereocenters. The molecule has 0 saturated carbocycles. The summed E-state index contributed by atoms with van der Waals surface area (Å²) in [5, 5.41) is 6.16. The predicted octanol–water partition coefficient (Wildman–Crippen LogP) is 2.12. The van der Waals surface area contributed by atoms with Crippen molar-refractivity contribution in [2.45, 2.75) is 18.9 Å². The van der Waals surface area contributed by atoms with E-state index in [9.17, 15) is 0 Å². The summed E-state index contributed by atoms with van der Waals surface area (Å²) in [6.07, 6.45) is 3.64. The highest BCUT2D eigenvalue weighted by Gasteiger charge is 2.14. The van der Waals surface area contributed by atoms with Crippen LogP contribution in [0.3, 0.4) is 0 Å². The van der Waals surface area contributed by atoms with Crippen molar-refractivity contribution in [1.29, 1.82) is 0 Å².